The zero-order valence-corrected chi connectivity index (χ0v) is 23.4. The number of thioether (sulfide) groups is 1. The van der Waals surface area contributed by atoms with Crippen molar-refractivity contribution < 1.29 is 9.13 Å². The third-order valence-corrected chi connectivity index (χ3v) is 8.60. The van der Waals surface area contributed by atoms with Crippen LogP contribution in [0.25, 0.3) is 43.5 Å². The number of nitrogens with zero attached hydrogens (tertiary/aromatic N) is 2. The van der Waals surface area contributed by atoms with E-state index in [9.17, 15) is 4.39 Å². The Morgan fingerprint density at radius 2 is 1.68 bits per heavy atom. The number of fused-ring (bicyclic) bond motifs is 2. The lowest BCUT2D eigenvalue weighted by molar-refractivity contribution is 0.411. The van der Waals surface area contributed by atoms with Gasteiger partial charge in [-0.1, -0.05) is 53.7 Å². The van der Waals surface area contributed by atoms with E-state index in [2.05, 4.69) is 12.1 Å². The molecule has 0 aliphatic rings. The first-order valence-electron chi connectivity index (χ1n) is 11.6. The number of halogens is 3. The smallest absolute Gasteiger partial charge is 0.151 e. The molecule has 38 heavy (non-hydrogen) atoms. The monoisotopic (exact) mass is 578 g/mol. The average molecular weight is 580 g/mol. The van der Waals surface area contributed by atoms with Crippen LogP contribution in [0.3, 0.4) is 0 Å². The Morgan fingerprint density at radius 1 is 0.868 bits per heavy atom. The highest BCUT2D eigenvalue weighted by Gasteiger charge is 2.15. The van der Waals surface area contributed by atoms with E-state index in [0.29, 0.717) is 16.3 Å². The summed E-state index contributed by atoms with van der Waals surface area (Å²) in [5, 5.41) is 1.39. The summed E-state index contributed by atoms with van der Waals surface area (Å²) in [6, 6.07) is 28.4. The molecule has 0 radical (unpaired) electrons. The summed E-state index contributed by atoms with van der Waals surface area (Å²) in [6.45, 7) is 0. The molecular formula is C30H21Cl2FN2OS2. The largest absolute Gasteiger partial charge is 0.496 e. The van der Waals surface area contributed by atoms with Crippen LogP contribution in [0, 0.1) is 5.82 Å². The maximum absolute atomic E-state index is 14.9. The summed E-state index contributed by atoms with van der Waals surface area (Å²) in [6.07, 6.45) is 0. The molecule has 4 aromatic carbocycles. The van der Waals surface area contributed by atoms with Crippen LogP contribution in [0.15, 0.2) is 95.3 Å². The molecular weight excluding hydrogens is 558 g/mol. The Balaban J connectivity index is 0.00000294. The number of rotatable bonds is 6. The van der Waals surface area contributed by atoms with Crippen LogP contribution in [0.4, 0.5) is 4.39 Å². The molecule has 2 aromatic heterocycles. The van der Waals surface area contributed by atoms with Gasteiger partial charge < -0.3 is 4.74 Å². The molecule has 6 aromatic rings. The minimum atomic E-state index is -0.288. The van der Waals surface area contributed by atoms with Crippen LogP contribution in [0.2, 0.25) is 5.02 Å². The Labute approximate surface area is 239 Å². The predicted molar refractivity (Wildman–Crippen MR) is 161 cm³/mol. The summed E-state index contributed by atoms with van der Waals surface area (Å²) in [4.78, 5) is 9.65. The molecule has 3 nitrogen and oxygen atoms in total. The highest BCUT2D eigenvalue weighted by Crippen LogP contribution is 2.38. The van der Waals surface area contributed by atoms with Gasteiger partial charge in [0.2, 0.25) is 0 Å². The van der Waals surface area contributed by atoms with Crippen molar-refractivity contribution in [1.29, 1.82) is 0 Å². The maximum Gasteiger partial charge on any atom is 0.151 e. The van der Waals surface area contributed by atoms with Crippen molar-refractivity contribution in [3.05, 3.63) is 107 Å². The van der Waals surface area contributed by atoms with E-state index in [-0.39, 0.29) is 18.2 Å². The van der Waals surface area contributed by atoms with Gasteiger partial charge in [-0.15, -0.1) is 23.7 Å². The van der Waals surface area contributed by atoms with Crippen molar-refractivity contribution in [3.63, 3.8) is 0 Å². The fraction of sp³-hybridized carbons (Fsp3) is 0.0667. The van der Waals surface area contributed by atoms with E-state index < -0.39 is 0 Å². The number of para-hydroxylation sites is 1. The molecule has 0 saturated carbocycles. The number of aromatic nitrogens is 2. The van der Waals surface area contributed by atoms with Crippen LogP contribution < -0.4 is 4.74 Å². The van der Waals surface area contributed by atoms with Crippen molar-refractivity contribution in [2.24, 2.45) is 0 Å². The first kappa shape index (κ1) is 26.4. The van der Waals surface area contributed by atoms with Crippen LogP contribution in [0.5, 0.6) is 5.75 Å². The summed E-state index contributed by atoms with van der Waals surface area (Å²) in [5.41, 5.74) is 5.74. The van der Waals surface area contributed by atoms with Gasteiger partial charge in [0, 0.05) is 32.9 Å². The van der Waals surface area contributed by atoms with E-state index in [4.69, 9.17) is 26.3 Å². The van der Waals surface area contributed by atoms with Crippen molar-refractivity contribution in [3.8, 4) is 28.1 Å². The lowest BCUT2D eigenvalue weighted by Crippen LogP contribution is -1.95. The van der Waals surface area contributed by atoms with Crippen LogP contribution in [-0.2, 0) is 5.75 Å². The predicted octanol–water partition coefficient (Wildman–Crippen LogP) is 9.69. The van der Waals surface area contributed by atoms with Crippen molar-refractivity contribution in [2.75, 3.05) is 7.11 Å². The zero-order valence-electron chi connectivity index (χ0n) is 20.2. The standard InChI is InChI=1S/C30H20ClFN2OS2.ClH/c1-35-28-13-10-18(14-19(28)17-36-30-34-26-8-4-5-9-29(26)37-30)27-16-22(21-6-2-3-7-24(21)32)23-15-20(31)11-12-25(23)33-27;/h2-16H,17H2,1H3;1H. The van der Waals surface area contributed by atoms with Crippen molar-refractivity contribution in [2.45, 2.75) is 10.1 Å². The van der Waals surface area contributed by atoms with Gasteiger partial charge in [-0.25, -0.2) is 14.4 Å². The summed E-state index contributed by atoms with van der Waals surface area (Å²) < 4.78 is 22.7. The van der Waals surface area contributed by atoms with Crippen molar-refractivity contribution in [1.82, 2.24) is 9.97 Å². The van der Waals surface area contributed by atoms with Crippen LogP contribution >= 0.6 is 47.1 Å². The topological polar surface area (TPSA) is 35.0 Å². The molecule has 8 heteroatoms. The fourth-order valence-electron chi connectivity index (χ4n) is 4.35. The third kappa shape index (κ3) is 5.22. The molecule has 0 bridgehead atoms. The number of hydrogen-bond donors (Lipinski definition) is 0. The molecule has 0 aliphatic heterocycles. The molecule has 0 fully saturated rings. The van der Waals surface area contributed by atoms with Gasteiger partial charge in [-0.3, -0.25) is 0 Å². The van der Waals surface area contributed by atoms with Crippen LogP contribution in [0.1, 0.15) is 5.56 Å². The number of hydrogen-bond acceptors (Lipinski definition) is 5. The third-order valence-electron chi connectivity index (χ3n) is 6.14. The summed E-state index contributed by atoms with van der Waals surface area (Å²) in [5.74, 6) is 1.21. The molecule has 0 amide bonds. The van der Waals surface area contributed by atoms with Gasteiger partial charge in [-0.05, 0) is 66.2 Å². The molecule has 190 valence electrons. The molecule has 6 rings (SSSR count). The quantitative estimate of drug-likeness (QED) is 0.184. The summed E-state index contributed by atoms with van der Waals surface area (Å²) in [7, 11) is 1.68. The maximum atomic E-state index is 14.9. The lowest BCUT2D eigenvalue weighted by Gasteiger charge is -2.13. The van der Waals surface area contributed by atoms with Crippen molar-refractivity contribution >= 4 is 68.2 Å². The van der Waals surface area contributed by atoms with E-state index in [1.807, 2.05) is 54.6 Å². The molecule has 0 saturated heterocycles. The second-order valence-corrected chi connectivity index (χ2v) is 11.1. The average Bonchev–Trinajstić information content (AvgIpc) is 3.35. The Kier molecular flexibility index (Phi) is 7.86. The van der Waals surface area contributed by atoms with Gasteiger partial charge in [0.15, 0.2) is 4.34 Å². The van der Waals surface area contributed by atoms with E-state index >= 15 is 0 Å². The molecule has 0 unspecified atom stereocenters. The number of benzene rings is 4. The summed E-state index contributed by atoms with van der Waals surface area (Å²) >= 11 is 9.67. The van der Waals surface area contributed by atoms with Gasteiger partial charge in [-0.2, -0.15) is 0 Å². The number of ether oxygens (including phenoxy) is 1. The molecule has 0 N–H and O–H groups in total. The Morgan fingerprint density at radius 3 is 2.50 bits per heavy atom. The lowest BCUT2D eigenvalue weighted by atomic mass is 9.97. The normalized spacial score (nSPS) is 11.0. The van der Waals surface area contributed by atoms with Gasteiger partial charge in [0.1, 0.15) is 11.6 Å². The minimum absolute atomic E-state index is 0. The van der Waals surface area contributed by atoms with Gasteiger partial charge >= 0.3 is 0 Å². The molecule has 0 aliphatic carbocycles. The highest BCUT2D eigenvalue weighted by molar-refractivity contribution is 8.00. The van der Waals surface area contributed by atoms with Crippen LogP contribution in [-0.4, -0.2) is 17.1 Å². The Hall–Kier alpha value is -3.16. The number of methoxy groups -OCH3 is 1. The highest BCUT2D eigenvalue weighted by atomic mass is 35.5. The SMILES string of the molecule is COc1ccc(-c2cc(-c3ccccc3F)c3cc(Cl)ccc3n2)cc1CSc1nc2ccccc2s1.Cl. The van der Waals surface area contributed by atoms with E-state index in [1.165, 1.54) is 10.8 Å². The van der Waals surface area contributed by atoms with E-state index in [1.54, 1.807) is 48.4 Å². The first-order valence-corrected chi connectivity index (χ1v) is 13.8. The molecule has 2 heterocycles. The van der Waals surface area contributed by atoms with Gasteiger partial charge in [0.05, 0.1) is 28.5 Å². The second-order valence-electron chi connectivity index (χ2n) is 8.46. The van der Waals surface area contributed by atoms with E-state index in [0.717, 1.165) is 48.9 Å². The fourth-order valence-corrected chi connectivity index (χ4v) is 6.57. The minimum Gasteiger partial charge on any atom is -0.496 e. The first-order chi connectivity index (χ1) is 18.1. The van der Waals surface area contributed by atoms with Gasteiger partial charge in [0.25, 0.3) is 0 Å². The Bertz CT molecular complexity index is 1740. The molecule has 0 atom stereocenters. The molecule has 0 spiro atoms. The zero-order chi connectivity index (χ0) is 25.4. The second kappa shape index (κ2) is 11.3. The number of thiazole rings is 1. The number of pyridine rings is 1.